The van der Waals surface area contributed by atoms with Crippen LogP contribution < -0.4 is 19.5 Å². The maximum atomic E-state index is 6.25. The summed E-state index contributed by atoms with van der Waals surface area (Å²) in [7, 11) is 3.23. The quantitative estimate of drug-likeness (QED) is 0.261. The number of methoxy groups -OCH3 is 2. The molecule has 0 aliphatic carbocycles. The van der Waals surface area contributed by atoms with Crippen LogP contribution in [0.2, 0.25) is 0 Å². The highest BCUT2D eigenvalue weighted by molar-refractivity contribution is 7.07. The molecule has 5 aromatic rings. The fraction of sp³-hybridized carbons (Fsp3) is 0.179. The molecule has 0 amide bonds. The maximum Gasteiger partial charge on any atom is 0.162 e. The number of ether oxygens (including phenoxy) is 3. The van der Waals surface area contributed by atoms with E-state index >= 15 is 0 Å². The van der Waals surface area contributed by atoms with E-state index < -0.39 is 0 Å². The highest BCUT2D eigenvalue weighted by Crippen LogP contribution is 2.37. The van der Waals surface area contributed by atoms with E-state index in [4.69, 9.17) is 14.2 Å². The Morgan fingerprint density at radius 3 is 2.35 bits per heavy atom. The number of anilines is 1. The molecule has 34 heavy (non-hydrogen) atoms. The number of thiophene rings is 1. The normalized spacial score (nSPS) is 10.5. The third-order valence-corrected chi connectivity index (χ3v) is 6.06. The Balaban J connectivity index is 0.00000133. The first-order valence-corrected chi connectivity index (χ1v) is 12.1. The Morgan fingerprint density at radius 2 is 1.59 bits per heavy atom. The van der Waals surface area contributed by atoms with Crippen LogP contribution in [0.1, 0.15) is 19.4 Å². The van der Waals surface area contributed by atoms with Crippen LogP contribution in [0.5, 0.6) is 23.0 Å². The van der Waals surface area contributed by atoms with Crippen molar-refractivity contribution in [2.75, 3.05) is 19.5 Å². The number of pyridine rings is 1. The average Bonchev–Trinajstić information content (AvgIpc) is 3.42. The summed E-state index contributed by atoms with van der Waals surface area (Å²) in [4.78, 5) is 4.44. The summed E-state index contributed by atoms with van der Waals surface area (Å²) in [6.07, 6.45) is 1.73. The van der Waals surface area contributed by atoms with E-state index in [1.54, 1.807) is 31.8 Å². The Morgan fingerprint density at radius 1 is 0.824 bits per heavy atom. The summed E-state index contributed by atoms with van der Waals surface area (Å²) in [5.74, 6) is 2.75. The SMILES string of the molecule is CC.COc1cc2nccc(Oc3ccc4cc(NCc5ccsc5)ccc4c3)c2cc1OC. The van der Waals surface area contributed by atoms with E-state index in [1.165, 1.54) is 5.56 Å². The van der Waals surface area contributed by atoms with E-state index in [-0.39, 0.29) is 0 Å². The third-order valence-electron chi connectivity index (χ3n) is 5.32. The van der Waals surface area contributed by atoms with Crippen LogP contribution in [-0.4, -0.2) is 19.2 Å². The highest BCUT2D eigenvalue weighted by atomic mass is 32.1. The summed E-state index contributed by atoms with van der Waals surface area (Å²) in [6, 6.07) is 20.2. The predicted octanol–water partition coefficient (Wildman–Crippen LogP) is 7.90. The third kappa shape index (κ3) is 5.07. The first-order chi connectivity index (χ1) is 16.7. The molecule has 0 bridgehead atoms. The van der Waals surface area contributed by atoms with Gasteiger partial charge in [-0.3, -0.25) is 4.98 Å². The van der Waals surface area contributed by atoms with Crippen molar-refractivity contribution in [1.82, 2.24) is 4.98 Å². The minimum Gasteiger partial charge on any atom is -0.493 e. The Labute approximate surface area is 203 Å². The molecule has 174 valence electrons. The number of hydrogen-bond donors (Lipinski definition) is 1. The van der Waals surface area contributed by atoms with Crippen molar-refractivity contribution >= 4 is 38.7 Å². The molecule has 0 unspecified atom stereocenters. The van der Waals surface area contributed by atoms with Gasteiger partial charge in [-0.2, -0.15) is 11.3 Å². The van der Waals surface area contributed by atoms with Gasteiger partial charge in [0.05, 0.1) is 19.7 Å². The van der Waals surface area contributed by atoms with E-state index in [0.717, 1.165) is 39.7 Å². The van der Waals surface area contributed by atoms with Gasteiger partial charge in [0.1, 0.15) is 11.5 Å². The standard InChI is InChI=1S/C26H22N2O3S.C2H6/c1-29-25-13-22-23(14-26(25)30-2)27-9-7-24(22)31-21-6-4-18-11-20(5-3-19(18)12-21)28-15-17-8-10-32-16-17;1-2/h3-14,16,28H,15H2,1-2H3;1-2H3. The number of aromatic nitrogens is 1. The summed E-state index contributed by atoms with van der Waals surface area (Å²) < 4.78 is 17.1. The van der Waals surface area contributed by atoms with Crippen molar-refractivity contribution in [1.29, 1.82) is 0 Å². The van der Waals surface area contributed by atoms with E-state index in [2.05, 4.69) is 51.4 Å². The molecule has 5 nitrogen and oxygen atoms in total. The summed E-state index contributed by atoms with van der Waals surface area (Å²) in [5, 5.41) is 10.9. The van der Waals surface area contributed by atoms with Gasteiger partial charge in [-0.05, 0) is 69.6 Å². The van der Waals surface area contributed by atoms with Gasteiger partial charge in [0, 0.05) is 29.9 Å². The van der Waals surface area contributed by atoms with E-state index in [1.807, 2.05) is 44.2 Å². The van der Waals surface area contributed by atoms with E-state index in [0.29, 0.717) is 17.2 Å². The zero-order valence-corrected chi connectivity index (χ0v) is 20.6. The highest BCUT2D eigenvalue weighted by Gasteiger charge is 2.11. The molecule has 0 saturated heterocycles. The predicted molar refractivity (Wildman–Crippen MR) is 142 cm³/mol. The van der Waals surface area contributed by atoms with Crippen LogP contribution in [0.4, 0.5) is 5.69 Å². The fourth-order valence-electron chi connectivity index (χ4n) is 3.66. The molecule has 0 spiro atoms. The molecule has 0 aliphatic rings. The molecule has 0 radical (unpaired) electrons. The molecule has 0 fully saturated rings. The number of fused-ring (bicyclic) bond motifs is 2. The Bertz CT molecular complexity index is 1380. The van der Waals surface area contributed by atoms with Crippen LogP contribution >= 0.6 is 11.3 Å². The first kappa shape index (κ1) is 23.4. The molecule has 6 heteroatoms. The molecule has 1 N–H and O–H groups in total. The molecule has 0 aliphatic heterocycles. The van der Waals surface area contributed by atoms with Crippen LogP contribution in [0.3, 0.4) is 0 Å². The lowest BCUT2D eigenvalue weighted by Gasteiger charge is -2.13. The van der Waals surface area contributed by atoms with Gasteiger partial charge in [0.15, 0.2) is 11.5 Å². The lowest BCUT2D eigenvalue weighted by molar-refractivity contribution is 0.355. The van der Waals surface area contributed by atoms with Gasteiger partial charge < -0.3 is 19.5 Å². The molecular formula is C28H28N2O3S. The molecule has 5 rings (SSSR count). The second-order valence-electron chi connectivity index (χ2n) is 7.34. The van der Waals surface area contributed by atoms with Crippen molar-refractivity contribution in [3.8, 4) is 23.0 Å². The van der Waals surface area contributed by atoms with Crippen LogP contribution in [-0.2, 0) is 6.54 Å². The van der Waals surface area contributed by atoms with Crippen LogP contribution in [0.15, 0.2) is 77.6 Å². The molecular weight excluding hydrogens is 444 g/mol. The topological polar surface area (TPSA) is 52.6 Å². The Hall–Kier alpha value is -3.77. The summed E-state index contributed by atoms with van der Waals surface area (Å²) >= 11 is 1.71. The monoisotopic (exact) mass is 472 g/mol. The van der Waals surface area contributed by atoms with Crippen LogP contribution in [0.25, 0.3) is 21.7 Å². The Kier molecular flexibility index (Phi) is 7.50. The molecule has 3 aromatic carbocycles. The zero-order chi connectivity index (χ0) is 23.9. The lowest BCUT2D eigenvalue weighted by atomic mass is 10.1. The minimum atomic E-state index is 0.638. The summed E-state index contributed by atoms with van der Waals surface area (Å²) in [6.45, 7) is 4.82. The van der Waals surface area contributed by atoms with Gasteiger partial charge in [-0.1, -0.05) is 26.0 Å². The zero-order valence-electron chi connectivity index (χ0n) is 19.8. The lowest BCUT2D eigenvalue weighted by Crippen LogP contribution is -1.97. The average molecular weight is 473 g/mol. The molecule has 0 atom stereocenters. The number of nitrogens with one attached hydrogen (secondary N) is 1. The molecule has 0 saturated carbocycles. The first-order valence-electron chi connectivity index (χ1n) is 11.2. The maximum absolute atomic E-state index is 6.25. The number of benzene rings is 3. The van der Waals surface area contributed by atoms with Gasteiger partial charge in [0.25, 0.3) is 0 Å². The van der Waals surface area contributed by atoms with Crippen molar-refractivity contribution in [3.63, 3.8) is 0 Å². The van der Waals surface area contributed by atoms with Crippen LogP contribution in [0, 0.1) is 0 Å². The van der Waals surface area contributed by atoms with Gasteiger partial charge >= 0.3 is 0 Å². The van der Waals surface area contributed by atoms with Crippen molar-refractivity contribution in [2.45, 2.75) is 20.4 Å². The largest absolute Gasteiger partial charge is 0.493 e. The van der Waals surface area contributed by atoms with E-state index in [9.17, 15) is 0 Å². The van der Waals surface area contributed by atoms with Gasteiger partial charge in [-0.25, -0.2) is 0 Å². The van der Waals surface area contributed by atoms with Crippen molar-refractivity contribution in [3.05, 3.63) is 83.2 Å². The number of rotatable bonds is 7. The molecule has 2 aromatic heterocycles. The minimum absolute atomic E-state index is 0.638. The van der Waals surface area contributed by atoms with Crippen molar-refractivity contribution < 1.29 is 14.2 Å². The smallest absolute Gasteiger partial charge is 0.162 e. The van der Waals surface area contributed by atoms with Crippen molar-refractivity contribution in [2.24, 2.45) is 0 Å². The summed E-state index contributed by atoms with van der Waals surface area (Å²) in [5.41, 5.74) is 3.17. The second-order valence-corrected chi connectivity index (χ2v) is 8.12. The number of hydrogen-bond acceptors (Lipinski definition) is 6. The molecule has 2 heterocycles. The fourth-order valence-corrected chi connectivity index (χ4v) is 4.33. The van der Waals surface area contributed by atoms with Gasteiger partial charge in [-0.15, -0.1) is 0 Å². The van der Waals surface area contributed by atoms with Gasteiger partial charge in [0.2, 0.25) is 0 Å². The second kappa shape index (κ2) is 10.9. The number of nitrogens with zero attached hydrogens (tertiary/aromatic N) is 1.